The van der Waals surface area contributed by atoms with Gasteiger partial charge in [-0.05, 0) is 37.6 Å². The van der Waals surface area contributed by atoms with Crippen LogP contribution in [0.15, 0.2) is 41.3 Å². The van der Waals surface area contributed by atoms with Crippen LogP contribution in [0.2, 0.25) is 0 Å². The molecule has 1 atom stereocenters. The number of piperidine rings is 1. The van der Waals surface area contributed by atoms with Crippen molar-refractivity contribution in [3.63, 3.8) is 0 Å². The Morgan fingerprint density at radius 3 is 3.11 bits per heavy atom. The van der Waals surface area contributed by atoms with E-state index in [9.17, 15) is 4.79 Å². The molecule has 4 rings (SSSR count). The van der Waals surface area contributed by atoms with Gasteiger partial charge in [0, 0.05) is 36.6 Å². The summed E-state index contributed by atoms with van der Waals surface area (Å²) in [5.41, 5.74) is 1.80. The molecule has 1 fully saturated rings. The Hall–Kier alpha value is -2.78. The molecule has 0 bridgehead atoms. The summed E-state index contributed by atoms with van der Waals surface area (Å²) < 4.78 is 6.83. The van der Waals surface area contributed by atoms with Crippen LogP contribution in [0, 0.1) is 0 Å². The summed E-state index contributed by atoms with van der Waals surface area (Å²) in [5, 5.41) is 14.6. The van der Waals surface area contributed by atoms with Gasteiger partial charge in [-0.1, -0.05) is 5.16 Å². The molecule has 0 saturated carbocycles. The second-order valence-electron chi connectivity index (χ2n) is 6.51. The van der Waals surface area contributed by atoms with Crippen molar-refractivity contribution in [2.45, 2.75) is 31.8 Å². The topological polar surface area (TPSA) is 111 Å². The number of hydrogen-bond donors (Lipinski definition) is 2. The average molecular weight is 404 g/mol. The lowest BCUT2D eigenvalue weighted by molar-refractivity contribution is -0.122. The van der Waals surface area contributed by atoms with Crippen molar-refractivity contribution in [3.8, 4) is 11.4 Å². The van der Waals surface area contributed by atoms with Gasteiger partial charge in [0.25, 0.3) is 0 Å². The Balaban J connectivity index is 0.00000225. The third-order valence-corrected chi connectivity index (χ3v) is 4.51. The highest BCUT2D eigenvalue weighted by atomic mass is 35.5. The minimum atomic E-state index is -0.160. The molecule has 3 aromatic heterocycles. The molecular formula is C18H22ClN7O2. The number of aromatic nitrogens is 5. The molecule has 10 heteroatoms. The van der Waals surface area contributed by atoms with Gasteiger partial charge in [0.15, 0.2) is 0 Å². The van der Waals surface area contributed by atoms with Crippen molar-refractivity contribution in [1.82, 2.24) is 35.5 Å². The number of nitrogens with zero attached hydrogens (tertiary/aromatic N) is 5. The second kappa shape index (κ2) is 9.43. The largest absolute Gasteiger partial charge is 0.345 e. The first kappa shape index (κ1) is 20.0. The quantitative estimate of drug-likeness (QED) is 0.642. The van der Waals surface area contributed by atoms with E-state index in [2.05, 4.69) is 30.9 Å². The fourth-order valence-corrected chi connectivity index (χ4v) is 3.10. The van der Waals surface area contributed by atoms with E-state index < -0.39 is 0 Å². The van der Waals surface area contributed by atoms with Gasteiger partial charge in [-0.25, -0.2) is 0 Å². The third-order valence-electron chi connectivity index (χ3n) is 4.51. The number of rotatable bonds is 6. The maximum absolute atomic E-state index is 12.2. The Bertz CT molecular complexity index is 890. The Morgan fingerprint density at radius 2 is 2.32 bits per heavy atom. The highest BCUT2D eigenvalue weighted by molar-refractivity contribution is 5.85. The average Bonchev–Trinajstić information content (AvgIpc) is 3.37. The summed E-state index contributed by atoms with van der Waals surface area (Å²) in [6.45, 7) is 2.34. The van der Waals surface area contributed by atoms with E-state index in [0.29, 0.717) is 17.6 Å². The monoisotopic (exact) mass is 403 g/mol. The van der Waals surface area contributed by atoms with E-state index in [1.54, 1.807) is 23.1 Å². The molecule has 9 nitrogen and oxygen atoms in total. The van der Waals surface area contributed by atoms with Gasteiger partial charge in [0.2, 0.25) is 17.6 Å². The Labute approximate surface area is 168 Å². The lowest BCUT2D eigenvalue weighted by Crippen LogP contribution is -2.29. The van der Waals surface area contributed by atoms with Crippen molar-refractivity contribution >= 4 is 18.3 Å². The first-order valence-electron chi connectivity index (χ1n) is 9.02. The number of nitrogens with one attached hydrogen (secondary N) is 2. The zero-order valence-corrected chi connectivity index (χ0v) is 16.1. The highest BCUT2D eigenvalue weighted by Gasteiger charge is 2.18. The smallest absolute Gasteiger partial charge is 0.246 e. The molecule has 2 N–H and O–H groups in total. The predicted octanol–water partition coefficient (Wildman–Crippen LogP) is 1.53. The van der Waals surface area contributed by atoms with Crippen LogP contribution < -0.4 is 10.6 Å². The number of carbonyl (C=O) groups excluding carboxylic acids is 1. The molecule has 0 aliphatic carbocycles. The zero-order valence-electron chi connectivity index (χ0n) is 15.2. The summed E-state index contributed by atoms with van der Waals surface area (Å²) in [7, 11) is 0. The van der Waals surface area contributed by atoms with Crippen molar-refractivity contribution in [2.24, 2.45) is 0 Å². The molecule has 1 aliphatic heterocycles. The maximum atomic E-state index is 12.2. The molecule has 1 aliphatic rings. The van der Waals surface area contributed by atoms with Gasteiger partial charge >= 0.3 is 0 Å². The molecule has 4 heterocycles. The lowest BCUT2D eigenvalue weighted by Gasteiger charge is -2.20. The van der Waals surface area contributed by atoms with E-state index >= 15 is 0 Å². The fourth-order valence-electron chi connectivity index (χ4n) is 3.10. The van der Waals surface area contributed by atoms with Crippen LogP contribution in [0.3, 0.4) is 0 Å². The molecule has 28 heavy (non-hydrogen) atoms. The normalized spacial score (nSPS) is 16.4. The third kappa shape index (κ3) is 4.93. The molecule has 0 aromatic carbocycles. The van der Waals surface area contributed by atoms with E-state index in [4.69, 9.17) is 4.52 Å². The first-order valence-corrected chi connectivity index (χ1v) is 9.02. The van der Waals surface area contributed by atoms with Gasteiger partial charge in [0.1, 0.15) is 6.54 Å². The molecule has 1 amide bonds. The number of pyridine rings is 1. The van der Waals surface area contributed by atoms with Gasteiger partial charge in [-0.3, -0.25) is 14.5 Å². The van der Waals surface area contributed by atoms with Crippen molar-refractivity contribution < 1.29 is 9.32 Å². The van der Waals surface area contributed by atoms with Crippen molar-refractivity contribution in [2.75, 3.05) is 13.1 Å². The predicted molar refractivity (Wildman–Crippen MR) is 104 cm³/mol. The molecule has 148 valence electrons. The van der Waals surface area contributed by atoms with Crippen LogP contribution in [0.25, 0.3) is 11.4 Å². The maximum Gasteiger partial charge on any atom is 0.246 e. The van der Waals surface area contributed by atoms with Gasteiger partial charge < -0.3 is 15.2 Å². The molecule has 1 saturated heterocycles. The van der Waals surface area contributed by atoms with Crippen molar-refractivity contribution in [3.05, 3.63) is 48.4 Å². The minimum Gasteiger partial charge on any atom is -0.345 e. The van der Waals surface area contributed by atoms with Crippen LogP contribution in [0.5, 0.6) is 0 Å². The lowest BCUT2D eigenvalue weighted by atomic mass is 9.97. The van der Waals surface area contributed by atoms with Crippen LogP contribution >= 0.6 is 12.4 Å². The van der Waals surface area contributed by atoms with E-state index in [0.717, 1.165) is 37.2 Å². The highest BCUT2D eigenvalue weighted by Crippen LogP contribution is 2.21. The van der Waals surface area contributed by atoms with Crippen LogP contribution in [-0.2, 0) is 17.9 Å². The molecule has 0 radical (unpaired) electrons. The summed E-state index contributed by atoms with van der Waals surface area (Å²) in [6, 6.07) is 5.63. The van der Waals surface area contributed by atoms with E-state index in [1.807, 2.05) is 18.3 Å². The molecular weight excluding hydrogens is 382 g/mol. The number of hydrogen-bond acceptors (Lipinski definition) is 7. The minimum absolute atomic E-state index is 0. The standard InChI is InChI=1S/C18H21N7O2.ClH/c26-16(12-25-8-5-15(23-25)13-3-1-6-19-9-13)21-11-17-22-18(24-27-17)14-4-2-7-20-10-14;/h2,4-5,7-8,10,13,19H,1,3,6,9,11-12H2,(H,21,26);1H. The number of carbonyl (C=O) groups is 1. The van der Waals surface area contributed by atoms with Crippen LogP contribution in [-0.4, -0.2) is 43.9 Å². The van der Waals surface area contributed by atoms with Gasteiger partial charge in [0.05, 0.1) is 12.2 Å². The van der Waals surface area contributed by atoms with E-state index in [-0.39, 0.29) is 31.4 Å². The summed E-state index contributed by atoms with van der Waals surface area (Å²) in [6.07, 6.45) is 7.47. The summed E-state index contributed by atoms with van der Waals surface area (Å²) in [5.74, 6) is 1.06. The Morgan fingerprint density at radius 1 is 1.39 bits per heavy atom. The number of amides is 1. The summed E-state index contributed by atoms with van der Waals surface area (Å²) in [4.78, 5) is 20.4. The molecule has 0 spiro atoms. The van der Waals surface area contributed by atoms with Gasteiger partial charge in [-0.15, -0.1) is 12.4 Å². The first-order chi connectivity index (χ1) is 13.3. The van der Waals surface area contributed by atoms with Crippen LogP contribution in [0.4, 0.5) is 0 Å². The number of halogens is 1. The fraction of sp³-hybridized carbons (Fsp3) is 0.389. The second-order valence-corrected chi connectivity index (χ2v) is 6.51. The van der Waals surface area contributed by atoms with Crippen LogP contribution in [0.1, 0.15) is 30.3 Å². The Kier molecular flexibility index (Phi) is 6.72. The zero-order chi connectivity index (χ0) is 18.5. The summed E-state index contributed by atoms with van der Waals surface area (Å²) >= 11 is 0. The molecule has 3 aromatic rings. The molecule has 1 unspecified atom stereocenters. The van der Waals surface area contributed by atoms with Gasteiger partial charge in [-0.2, -0.15) is 10.1 Å². The van der Waals surface area contributed by atoms with E-state index in [1.165, 1.54) is 0 Å². The van der Waals surface area contributed by atoms with Crippen molar-refractivity contribution in [1.29, 1.82) is 0 Å². The SMILES string of the molecule is Cl.O=C(Cn1ccc(C2CCCNC2)n1)NCc1nc(-c2cccnc2)no1.